The maximum Gasteiger partial charge on any atom is 0.251 e. The van der Waals surface area contributed by atoms with E-state index in [1.807, 2.05) is 62.4 Å². The summed E-state index contributed by atoms with van der Waals surface area (Å²) in [5.74, 6) is 0.817. The minimum Gasteiger partial charge on any atom is -0.379 e. The molecule has 0 aliphatic rings. The highest BCUT2D eigenvalue weighted by Crippen LogP contribution is 2.24. The third kappa shape index (κ3) is 7.51. The maximum absolute atomic E-state index is 12.1. The average molecular weight is 378 g/mol. The van der Waals surface area contributed by atoms with Crippen LogP contribution in [0.4, 0.5) is 0 Å². The summed E-state index contributed by atoms with van der Waals surface area (Å²) in [6.45, 7) is 5.30. The van der Waals surface area contributed by atoms with Crippen molar-refractivity contribution in [1.29, 1.82) is 0 Å². The molecule has 1 amide bonds. The van der Waals surface area contributed by atoms with Gasteiger partial charge in [-0.3, -0.25) is 4.79 Å². The summed E-state index contributed by atoms with van der Waals surface area (Å²) in [4.78, 5) is 13.3. The lowest BCUT2D eigenvalue weighted by Gasteiger charge is -2.09. The van der Waals surface area contributed by atoms with E-state index in [9.17, 15) is 4.79 Å². The van der Waals surface area contributed by atoms with Crippen LogP contribution in [0.25, 0.3) is 0 Å². The number of nitrogens with one attached hydrogen (secondary N) is 1. The summed E-state index contributed by atoms with van der Waals surface area (Å²) in [7, 11) is 0. The molecule has 0 aliphatic heterocycles. The number of rotatable bonds is 9. The van der Waals surface area contributed by atoms with Crippen molar-refractivity contribution in [3.05, 3.63) is 64.7 Å². The fraction of sp³-hybridized carbons (Fsp3) is 0.350. The molecule has 0 aromatic heterocycles. The molecule has 2 aromatic carbocycles. The van der Waals surface area contributed by atoms with Gasteiger partial charge >= 0.3 is 0 Å². The van der Waals surface area contributed by atoms with Gasteiger partial charge in [-0.25, -0.2) is 0 Å². The Morgan fingerprint density at radius 3 is 2.44 bits per heavy atom. The van der Waals surface area contributed by atoms with Crippen molar-refractivity contribution in [2.24, 2.45) is 0 Å². The van der Waals surface area contributed by atoms with Crippen LogP contribution in [0.5, 0.6) is 0 Å². The molecule has 0 spiro atoms. The number of ether oxygens (including phenoxy) is 1. The summed E-state index contributed by atoms with van der Waals surface area (Å²) in [5, 5.41) is 3.66. The molecule has 2 rings (SSSR count). The van der Waals surface area contributed by atoms with Crippen molar-refractivity contribution >= 4 is 29.3 Å². The molecule has 0 aliphatic carbocycles. The number of carbonyl (C=O) groups is 1. The molecule has 0 saturated heterocycles. The van der Waals surface area contributed by atoms with E-state index in [2.05, 4.69) is 5.32 Å². The third-order valence-corrected chi connectivity index (χ3v) is 4.83. The van der Waals surface area contributed by atoms with Crippen molar-refractivity contribution in [2.45, 2.75) is 37.0 Å². The fourth-order valence-electron chi connectivity index (χ4n) is 2.15. The zero-order chi connectivity index (χ0) is 18.1. The minimum absolute atomic E-state index is 0.0403. The topological polar surface area (TPSA) is 38.3 Å². The molecule has 0 atom stereocenters. The van der Waals surface area contributed by atoms with Crippen molar-refractivity contribution in [1.82, 2.24) is 5.32 Å². The predicted molar refractivity (Wildman–Crippen MR) is 105 cm³/mol. The number of thioether (sulfide) groups is 1. The summed E-state index contributed by atoms with van der Waals surface area (Å²) in [6, 6.07) is 15.6. The Hall–Kier alpha value is -1.49. The van der Waals surface area contributed by atoms with Crippen LogP contribution in [0, 0.1) is 0 Å². The number of amides is 1. The van der Waals surface area contributed by atoms with Gasteiger partial charge in [0.05, 0.1) is 6.10 Å². The zero-order valence-corrected chi connectivity index (χ0v) is 16.2. The van der Waals surface area contributed by atoms with E-state index in [1.165, 1.54) is 10.5 Å². The first-order valence-electron chi connectivity index (χ1n) is 8.41. The Kier molecular flexibility index (Phi) is 8.32. The second-order valence-electron chi connectivity index (χ2n) is 5.97. The molecular weight excluding hydrogens is 354 g/mol. The molecule has 25 heavy (non-hydrogen) atoms. The molecule has 134 valence electrons. The summed E-state index contributed by atoms with van der Waals surface area (Å²) in [5.41, 5.74) is 1.87. The third-order valence-electron chi connectivity index (χ3n) is 3.49. The van der Waals surface area contributed by atoms with E-state index in [1.54, 1.807) is 11.8 Å². The fourth-order valence-corrected chi connectivity index (χ4v) is 3.13. The van der Waals surface area contributed by atoms with Crippen LogP contribution in [0.1, 0.15) is 36.2 Å². The van der Waals surface area contributed by atoms with Crippen molar-refractivity contribution < 1.29 is 9.53 Å². The summed E-state index contributed by atoms with van der Waals surface area (Å²) >= 11 is 7.63. The zero-order valence-electron chi connectivity index (χ0n) is 14.6. The quantitative estimate of drug-likeness (QED) is 0.483. The molecule has 0 heterocycles. The molecule has 5 heteroatoms. The van der Waals surface area contributed by atoms with E-state index >= 15 is 0 Å². The Morgan fingerprint density at radius 1 is 1.12 bits per heavy atom. The lowest BCUT2D eigenvalue weighted by atomic mass is 10.1. The van der Waals surface area contributed by atoms with Gasteiger partial charge in [0.25, 0.3) is 5.91 Å². The van der Waals surface area contributed by atoms with Crippen LogP contribution in [0.2, 0.25) is 5.02 Å². The second-order valence-corrected chi connectivity index (χ2v) is 7.45. The molecule has 0 unspecified atom stereocenters. The van der Waals surface area contributed by atoms with Gasteiger partial charge in [0, 0.05) is 34.4 Å². The van der Waals surface area contributed by atoms with E-state index in [0.29, 0.717) is 18.7 Å². The number of halogens is 1. The van der Waals surface area contributed by atoms with E-state index in [-0.39, 0.29) is 12.0 Å². The Labute approximate surface area is 159 Å². The SMILES string of the molecule is CC(C)OCCCNC(=O)c1ccc(CSc2ccc(Cl)cc2)cc1. The van der Waals surface area contributed by atoms with Crippen LogP contribution < -0.4 is 5.32 Å². The molecule has 1 N–H and O–H groups in total. The van der Waals surface area contributed by atoms with Gasteiger partial charge in [-0.1, -0.05) is 23.7 Å². The van der Waals surface area contributed by atoms with Gasteiger partial charge in [-0.2, -0.15) is 0 Å². The summed E-state index contributed by atoms with van der Waals surface area (Å²) < 4.78 is 5.45. The highest BCUT2D eigenvalue weighted by molar-refractivity contribution is 7.98. The Bertz CT molecular complexity index is 656. The average Bonchev–Trinajstić information content (AvgIpc) is 2.61. The highest BCUT2D eigenvalue weighted by Gasteiger charge is 2.05. The smallest absolute Gasteiger partial charge is 0.251 e. The van der Waals surface area contributed by atoms with Gasteiger partial charge in [0.1, 0.15) is 0 Å². The maximum atomic E-state index is 12.1. The predicted octanol–water partition coefficient (Wildman–Crippen LogP) is 5.18. The van der Waals surface area contributed by atoms with Gasteiger partial charge in [0.15, 0.2) is 0 Å². The molecule has 0 fully saturated rings. The molecule has 0 bridgehead atoms. The molecule has 2 aromatic rings. The number of benzene rings is 2. The molecule has 3 nitrogen and oxygen atoms in total. The van der Waals surface area contributed by atoms with Crippen LogP contribution in [-0.4, -0.2) is 25.2 Å². The van der Waals surface area contributed by atoms with Gasteiger partial charge in [0.2, 0.25) is 0 Å². The van der Waals surface area contributed by atoms with Crippen LogP contribution in [-0.2, 0) is 10.5 Å². The molecule has 0 saturated carbocycles. The van der Waals surface area contributed by atoms with Crippen molar-refractivity contribution in [3.8, 4) is 0 Å². The lowest BCUT2D eigenvalue weighted by Crippen LogP contribution is -2.25. The first-order valence-corrected chi connectivity index (χ1v) is 9.78. The summed E-state index contributed by atoms with van der Waals surface area (Å²) in [6.07, 6.45) is 1.05. The minimum atomic E-state index is -0.0403. The van der Waals surface area contributed by atoms with Crippen molar-refractivity contribution in [3.63, 3.8) is 0 Å². The van der Waals surface area contributed by atoms with E-state index < -0.39 is 0 Å². The molecular formula is C20H24ClNO2S. The second kappa shape index (κ2) is 10.5. The number of hydrogen-bond acceptors (Lipinski definition) is 3. The Morgan fingerprint density at radius 2 is 1.80 bits per heavy atom. The monoisotopic (exact) mass is 377 g/mol. The normalized spacial score (nSPS) is 10.9. The first-order chi connectivity index (χ1) is 12.0. The van der Waals surface area contributed by atoms with Crippen LogP contribution in [0.3, 0.4) is 0 Å². The Balaban J connectivity index is 1.74. The highest BCUT2D eigenvalue weighted by atomic mass is 35.5. The van der Waals surface area contributed by atoms with Gasteiger partial charge in [-0.15, -0.1) is 11.8 Å². The standard InChI is InChI=1S/C20H24ClNO2S/c1-15(2)24-13-3-12-22-20(23)17-6-4-16(5-7-17)14-25-19-10-8-18(21)9-11-19/h4-11,15H,3,12-14H2,1-2H3,(H,22,23). The number of carbonyl (C=O) groups excluding carboxylic acids is 1. The first kappa shape index (κ1) is 19.8. The molecule has 0 radical (unpaired) electrons. The van der Waals surface area contributed by atoms with E-state index in [0.717, 1.165) is 17.2 Å². The lowest BCUT2D eigenvalue weighted by molar-refractivity contribution is 0.0757. The van der Waals surface area contributed by atoms with Crippen LogP contribution >= 0.6 is 23.4 Å². The van der Waals surface area contributed by atoms with Gasteiger partial charge in [-0.05, 0) is 62.2 Å². The largest absolute Gasteiger partial charge is 0.379 e. The van der Waals surface area contributed by atoms with Crippen LogP contribution in [0.15, 0.2) is 53.4 Å². The number of hydrogen-bond donors (Lipinski definition) is 1. The van der Waals surface area contributed by atoms with Gasteiger partial charge < -0.3 is 10.1 Å². The van der Waals surface area contributed by atoms with Crippen molar-refractivity contribution in [2.75, 3.05) is 13.2 Å². The van der Waals surface area contributed by atoms with E-state index in [4.69, 9.17) is 16.3 Å².